The lowest BCUT2D eigenvalue weighted by Crippen LogP contribution is -2.13. The molecule has 0 aliphatic carbocycles. The predicted molar refractivity (Wildman–Crippen MR) is 88.8 cm³/mol. The van der Waals surface area contributed by atoms with E-state index in [4.69, 9.17) is 9.72 Å². The smallest absolute Gasteiger partial charge is 0.134 e. The second-order valence-electron chi connectivity index (χ2n) is 4.98. The zero-order chi connectivity index (χ0) is 15.1. The van der Waals surface area contributed by atoms with Gasteiger partial charge in [0.25, 0.3) is 0 Å². The van der Waals surface area contributed by atoms with Crippen molar-refractivity contribution in [2.45, 2.75) is 39.8 Å². The van der Waals surface area contributed by atoms with Gasteiger partial charge in [0.15, 0.2) is 0 Å². The van der Waals surface area contributed by atoms with E-state index in [1.807, 2.05) is 25.1 Å². The summed E-state index contributed by atoms with van der Waals surface area (Å²) in [7, 11) is 0. The molecule has 1 unspecified atom stereocenters. The van der Waals surface area contributed by atoms with Crippen molar-refractivity contribution in [3.63, 3.8) is 0 Å². The van der Waals surface area contributed by atoms with E-state index in [1.165, 1.54) is 10.4 Å². The molecule has 0 fully saturated rings. The van der Waals surface area contributed by atoms with Crippen molar-refractivity contribution in [3.05, 3.63) is 51.5 Å². The maximum absolute atomic E-state index is 5.94. The van der Waals surface area contributed by atoms with Crippen LogP contribution in [0.4, 0.5) is 0 Å². The molecule has 0 bridgehead atoms. The highest BCUT2D eigenvalue weighted by Crippen LogP contribution is 2.31. The van der Waals surface area contributed by atoms with Crippen molar-refractivity contribution in [1.29, 1.82) is 0 Å². The highest BCUT2D eigenvalue weighted by molar-refractivity contribution is 7.11. The van der Waals surface area contributed by atoms with E-state index in [-0.39, 0.29) is 6.10 Å². The molecule has 1 N–H and O–H groups in total. The lowest BCUT2D eigenvalue weighted by molar-refractivity contribution is 0.0911. The zero-order valence-corrected chi connectivity index (χ0v) is 13.9. The zero-order valence-electron chi connectivity index (χ0n) is 13.1. The Bertz CT molecular complexity index is 539. The number of aromatic nitrogens is 1. The first-order chi connectivity index (χ1) is 10.3. The predicted octanol–water partition coefficient (Wildman–Crippen LogP) is 4.08. The van der Waals surface area contributed by atoms with Gasteiger partial charge in [0, 0.05) is 18.0 Å². The summed E-state index contributed by atoms with van der Waals surface area (Å²) in [4.78, 5) is 6.04. The third kappa shape index (κ3) is 4.37. The molecule has 0 saturated carbocycles. The molecule has 2 rings (SSSR count). The molecular weight excluding hydrogens is 280 g/mol. The third-order valence-electron chi connectivity index (χ3n) is 3.28. The van der Waals surface area contributed by atoms with Crippen LogP contribution in [0.15, 0.2) is 30.3 Å². The van der Waals surface area contributed by atoms with E-state index in [0.29, 0.717) is 6.61 Å². The van der Waals surface area contributed by atoms with Crippen LogP contribution in [0.5, 0.6) is 0 Å². The normalized spacial score (nSPS) is 12.5. The fraction of sp³-hybridized carbons (Fsp3) is 0.471. The monoisotopic (exact) mass is 304 g/mol. The van der Waals surface area contributed by atoms with Crippen LogP contribution in [0.25, 0.3) is 0 Å². The number of hydrogen-bond donors (Lipinski definition) is 1. The topological polar surface area (TPSA) is 34.1 Å². The molecule has 1 aromatic carbocycles. The second kappa shape index (κ2) is 8.27. The Balaban J connectivity index is 2.19. The molecule has 4 heteroatoms. The summed E-state index contributed by atoms with van der Waals surface area (Å²) in [6, 6.07) is 10.3. The van der Waals surface area contributed by atoms with E-state index >= 15 is 0 Å². The van der Waals surface area contributed by atoms with Crippen LogP contribution in [0.3, 0.4) is 0 Å². The van der Waals surface area contributed by atoms with Crippen LogP contribution >= 0.6 is 11.3 Å². The summed E-state index contributed by atoms with van der Waals surface area (Å²) in [5.74, 6) is 0. The molecule has 1 atom stereocenters. The van der Waals surface area contributed by atoms with Crippen molar-refractivity contribution >= 4 is 11.3 Å². The summed E-state index contributed by atoms with van der Waals surface area (Å²) in [6.45, 7) is 8.91. The lowest BCUT2D eigenvalue weighted by atomic mass is 10.1. The van der Waals surface area contributed by atoms with Crippen LogP contribution in [0.2, 0.25) is 0 Å². The molecule has 3 nitrogen and oxygen atoms in total. The minimum Gasteiger partial charge on any atom is -0.367 e. The Morgan fingerprint density at radius 1 is 1.24 bits per heavy atom. The largest absolute Gasteiger partial charge is 0.367 e. The molecule has 1 aromatic heterocycles. The molecular formula is C17H24N2OS. The molecule has 21 heavy (non-hydrogen) atoms. The lowest BCUT2D eigenvalue weighted by Gasteiger charge is -2.14. The summed E-state index contributed by atoms with van der Waals surface area (Å²) in [5.41, 5.74) is 2.28. The number of rotatable bonds is 8. The average Bonchev–Trinajstić information content (AvgIpc) is 2.87. The van der Waals surface area contributed by atoms with E-state index in [9.17, 15) is 0 Å². The fourth-order valence-electron chi connectivity index (χ4n) is 2.21. The first-order valence-electron chi connectivity index (χ1n) is 7.59. The van der Waals surface area contributed by atoms with Crippen molar-refractivity contribution < 1.29 is 4.74 Å². The van der Waals surface area contributed by atoms with Gasteiger partial charge in [0.1, 0.15) is 11.1 Å². The van der Waals surface area contributed by atoms with Gasteiger partial charge in [0.05, 0.1) is 5.69 Å². The van der Waals surface area contributed by atoms with Crippen LogP contribution in [0, 0.1) is 6.92 Å². The number of ether oxygens (including phenoxy) is 1. The molecule has 0 spiro atoms. The minimum absolute atomic E-state index is 0.0557. The van der Waals surface area contributed by atoms with E-state index in [2.05, 4.69) is 31.3 Å². The molecule has 0 saturated heterocycles. The van der Waals surface area contributed by atoms with Gasteiger partial charge in [-0.2, -0.15) is 0 Å². The van der Waals surface area contributed by atoms with Crippen molar-refractivity contribution in [1.82, 2.24) is 10.3 Å². The maximum atomic E-state index is 5.94. The molecule has 0 aliphatic heterocycles. The minimum atomic E-state index is -0.0557. The first-order valence-corrected chi connectivity index (χ1v) is 8.41. The van der Waals surface area contributed by atoms with Crippen molar-refractivity contribution in [3.8, 4) is 0 Å². The number of nitrogens with zero attached hydrogens (tertiary/aromatic N) is 1. The number of nitrogens with one attached hydrogen (secondary N) is 1. The molecule has 2 aromatic rings. The molecule has 0 radical (unpaired) electrons. The Kier molecular flexibility index (Phi) is 6.36. The number of benzene rings is 1. The molecule has 114 valence electrons. The van der Waals surface area contributed by atoms with E-state index in [0.717, 1.165) is 30.2 Å². The van der Waals surface area contributed by atoms with Crippen LogP contribution < -0.4 is 5.32 Å². The van der Waals surface area contributed by atoms with Gasteiger partial charge < -0.3 is 10.1 Å². The molecule has 0 amide bonds. The van der Waals surface area contributed by atoms with Crippen molar-refractivity contribution in [2.75, 3.05) is 13.2 Å². The van der Waals surface area contributed by atoms with Gasteiger partial charge in [-0.1, -0.05) is 37.3 Å². The van der Waals surface area contributed by atoms with Gasteiger partial charge >= 0.3 is 0 Å². The number of aryl methyl sites for hydroxylation is 1. The first kappa shape index (κ1) is 16.1. The van der Waals surface area contributed by atoms with Crippen LogP contribution in [-0.4, -0.2) is 18.1 Å². The summed E-state index contributed by atoms with van der Waals surface area (Å²) < 4.78 is 5.94. The highest BCUT2D eigenvalue weighted by Gasteiger charge is 2.19. The Hall–Kier alpha value is -1.23. The second-order valence-corrected chi connectivity index (χ2v) is 6.10. The molecule has 0 aliphatic rings. The quantitative estimate of drug-likeness (QED) is 0.746. The summed E-state index contributed by atoms with van der Waals surface area (Å²) in [5, 5.41) is 4.50. The summed E-state index contributed by atoms with van der Waals surface area (Å²) in [6.07, 6.45) is 1.09. The Morgan fingerprint density at radius 3 is 2.67 bits per heavy atom. The van der Waals surface area contributed by atoms with Gasteiger partial charge in [-0.15, -0.1) is 11.3 Å². The third-order valence-corrected chi connectivity index (χ3v) is 4.48. The van der Waals surface area contributed by atoms with Gasteiger partial charge in [-0.05, 0) is 32.4 Å². The maximum Gasteiger partial charge on any atom is 0.134 e. The van der Waals surface area contributed by atoms with Crippen LogP contribution in [-0.2, 0) is 11.3 Å². The molecule has 1 heterocycles. The van der Waals surface area contributed by atoms with Gasteiger partial charge in [-0.25, -0.2) is 4.98 Å². The van der Waals surface area contributed by atoms with Crippen molar-refractivity contribution in [2.24, 2.45) is 0 Å². The SMILES string of the molecule is CCCNCc1sc(C(OCC)c2ccccc2)nc1C. The van der Waals surface area contributed by atoms with Crippen LogP contribution in [0.1, 0.15) is 47.5 Å². The Labute approximate surface area is 131 Å². The van der Waals surface area contributed by atoms with E-state index in [1.54, 1.807) is 11.3 Å². The van der Waals surface area contributed by atoms with Gasteiger partial charge in [-0.3, -0.25) is 0 Å². The number of thiazole rings is 1. The summed E-state index contributed by atoms with van der Waals surface area (Å²) >= 11 is 1.75. The Morgan fingerprint density at radius 2 is 2.00 bits per heavy atom. The van der Waals surface area contributed by atoms with E-state index < -0.39 is 0 Å². The highest BCUT2D eigenvalue weighted by atomic mass is 32.1. The van der Waals surface area contributed by atoms with Gasteiger partial charge in [0.2, 0.25) is 0 Å². The number of hydrogen-bond acceptors (Lipinski definition) is 4. The average molecular weight is 304 g/mol. The fourth-order valence-corrected chi connectivity index (χ4v) is 3.32. The standard InChI is InChI=1S/C17H24N2OS/c1-4-11-18-12-15-13(3)19-17(21-15)16(20-5-2)14-9-7-6-8-10-14/h6-10,16,18H,4-5,11-12H2,1-3H3.